The highest BCUT2D eigenvalue weighted by Gasteiger charge is 2.29. The molecule has 7 heteroatoms. The molecule has 1 N–H and O–H groups in total. The van der Waals surface area contributed by atoms with Crippen LogP contribution < -0.4 is 5.69 Å². The predicted octanol–water partition coefficient (Wildman–Crippen LogP) is 4.92. The second-order valence-corrected chi connectivity index (χ2v) is 9.41. The van der Waals surface area contributed by atoms with Crippen molar-refractivity contribution in [2.24, 2.45) is 11.8 Å². The van der Waals surface area contributed by atoms with Gasteiger partial charge in [0.25, 0.3) is 0 Å². The number of carbonyl (C=O) groups is 1. The van der Waals surface area contributed by atoms with Crippen LogP contribution in [0, 0.1) is 24.6 Å². The lowest BCUT2D eigenvalue weighted by Crippen LogP contribution is -2.32. The van der Waals surface area contributed by atoms with Crippen molar-refractivity contribution in [3.63, 3.8) is 0 Å². The molecule has 0 aliphatic carbocycles. The third-order valence-corrected chi connectivity index (χ3v) is 6.51. The molecule has 3 aromatic rings. The van der Waals surface area contributed by atoms with Gasteiger partial charge in [-0.2, -0.15) is 5.10 Å². The van der Waals surface area contributed by atoms with Crippen molar-refractivity contribution in [3.8, 4) is 16.8 Å². The maximum absolute atomic E-state index is 15.3. The van der Waals surface area contributed by atoms with Gasteiger partial charge >= 0.3 is 5.69 Å². The minimum atomic E-state index is -0.497. The number of nitrogens with zero attached hydrogens (tertiary/aromatic N) is 3. The average molecular weight is 475 g/mol. The number of H-pyrrole nitrogens is 1. The molecule has 0 bridgehead atoms. The fourth-order valence-corrected chi connectivity index (χ4v) is 4.62. The zero-order valence-corrected chi connectivity index (χ0v) is 20.4. The number of halogens is 1. The van der Waals surface area contributed by atoms with Crippen LogP contribution in [0.4, 0.5) is 4.39 Å². The number of rotatable bonds is 7. The smallest absolute Gasteiger partial charge is 0.342 e. The Labute approximate surface area is 204 Å². The quantitative estimate of drug-likeness (QED) is 0.494. The fraction of sp³-hybridized carbons (Fsp3) is 0.321. The van der Waals surface area contributed by atoms with Crippen LogP contribution in [0.3, 0.4) is 0 Å². The van der Waals surface area contributed by atoms with E-state index >= 15 is 4.39 Å². The number of nitrogens with one attached hydrogen (secondary N) is 1. The number of aromatic amines is 1. The van der Waals surface area contributed by atoms with Crippen molar-refractivity contribution < 1.29 is 9.18 Å². The molecule has 0 saturated carbocycles. The molecule has 0 spiro atoms. The number of benzene rings is 2. The van der Waals surface area contributed by atoms with Crippen LogP contribution in [0.15, 0.2) is 59.9 Å². The standard InChI is InChI=1S/C28H31FN4O2/c1-5-6-7-21-8-9-22(14-19(21)4)23-10-11-25(24(29)16-23)33-26(30-31-28(33)35)15-20-12-13-32(17-20)27(34)18(2)3/h5-11,14,16,18,20H,1,12-13,15,17H2,2-4H3,(H,31,35)/b7-6-/t20-/m0/s1. The van der Waals surface area contributed by atoms with E-state index in [0.29, 0.717) is 25.3 Å². The van der Waals surface area contributed by atoms with E-state index in [2.05, 4.69) is 16.8 Å². The maximum Gasteiger partial charge on any atom is 0.348 e. The van der Waals surface area contributed by atoms with E-state index in [-0.39, 0.29) is 23.4 Å². The molecule has 182 valence electrons. The summed E-state index contributed by atoms with van der Waals surface area (Å²) >= 11 is 0. The maximum atomic E-state index is 15.3. The van der Waals surface area contributed by atoms with Crippen LogP contribution in [0.2, 0.25) is 0 Å². The summed E-state index contributed by atoms with van der Waals surface area (Å²) in [7, 11) is 0. The molecular formula is C28H31FN4O2. The summed E-state index contributed by atoms with van der Waals surface area (Å²) in [6.07, 6.45) is 6.90. The minimum Gasteiger partial charge on any atom is -0.342 e. The van der Waals surface area contributed by atoms with Crippen LogP contribution in [0.25, 0.3) is 22.9 Å². The van der Waals surface area contributed by atoms with Gasteiger partial charge < -0.3 is 4.90 Å². The molecule has 6 nitrogen and oxygen atoms in total. The molecule has 2 heterocycles. The summed E-state index contributed by atoms with van der Waals surface area (Å²) in [5.74, 6) is 0.232. The van der Waals surface area contributed by atoms with Crippen molar-refractivity contribution in [1.29, 1.82) is 0 Å². The summed E-state index contributed by atoms with van der Waals surface area (Å²) in [6, 6.07) is 10.8. The Bertz CT molecular complexity index is 1330. The number of amides is 1. The number of hydrogen-bond acceptors (Lipinski definition) is 3. The number of allylic oxidation sites excluding steroid dienone is 2. The van der Waals surface area contributed by atoms with Crippen LogP contribution in [0.1, 0.15) is 37.2 Å². The van der Waals surface area contributed by atoms with Gasteiger partial charge in [-0.1, -0.05) is 62.9 Å². The molecule has 35 heavy (non-hydrogen) atoms. The van der Waals surface area contributed by atoms with E-state index in [1.54, 1.807) is 12.1 Å². The second kappa shape index (κ2) is 10.3. The first-order valence-electron chi connectivity index (χ1n) is 11.9. The third kappa shape index (κ3) is 5.19. The Hall–Kier alpha value is -3.74. The van der Waals surface area contributed by atoms with Crippen molar-refractivity contribution in [1.82, 2.24) is 19.7 Å². The fourth-order valence-electron chi connectivity index (χ4n) is 4.62. The topological polar surface area (TPSA) is 71.0 Å². The van der Waals surface area contributed by atoms with Crippen LogP contribution in [-0.4, -0.2) is 38.7 Å². The summed E-state index contributed by atoms with van der Waals surface area (Å²) in [5, 5.41) is 6.63. The second-order valence-electron chi connectivity index (χ2n) is 9.41. The highest BCUT2D eigenvalue weighted by Crippen LogP contribution is 2.27. The molecule has 1 aromatic heterocycles. The van der Waals surface area contributed by atoms with Crippen LogP contribution in [-0.2, 0) is 11.2 Å². The van der Waals surface area contributed by atoms with Gasteiger partial charge in [0.2, 0.25) is 5.91 Å². The predicted molar refractivity (Wildman–Crippen MR) is 137 cm³/mol. The Morgan fingerprint density at radius 2 is 2.00 bits per heavy atom. The van der Waals surface area contributed by atoms with Gasteiger partial charge in [0, 0.05) is 25.4 Å². The molecule has 4 rings (SSSR count). The molecule has 1 atom stereocenters. The van der Waals surface area contributed by atoms with Gasteiger partial charge in [-0.15, -0.1) is 0 Å². The van der Waals surface area contributed by atoms with E-state index in [1.807, 2.05) is 62.1 Å². The normalized spacial score (nSPS) is 15.9. The molecule has 1 amide bonds. The Morgan fingerprint density at radius 3 is 2.69 bits per heavy atom. The van der Waals surface area contributed by atoms with Gasteiger partial charge in [0.15, 0.2) is 0 Å². The van der Waals surface area contributed by atoms with Gasteiger partial charge in [-0.25, -0.2) is 18.9 Å². The lowest BCUT2D eigenvalue weighted by molar-refractivity contribution is -0.133. The zero-order valence-electron chi connectivity index (χ0n) is 20.4. The molecule has 1 aliphatic rings. The SMILES string of the molecule is C=C/C=C\c1ccc(-c2ccc(-n3c(C[C@@H]4CCN(C(=O)C(C)C)C4)n[nH]c3=O)c(F)c2)cc1C. The number of likely N-dealkylation sites (tertiary alicyclic amines) is 1. The van der Waals surface area contributed by atoms with Crippen molar-refractivity contribution in [2.45, 2.75) is 33.6 Å². The first-order chi connectivity index (χ1) is 16.8. The lowest BCUT2D eigenvalue weighted by Gasteiger charge is -2.18. The molecule has 0 unspecified atom stereocenters. The number of aryl methyl sites for hydroxylation is 1. The largest absolute Gasteiger partial charge is 0.348 e. The molecule has 1 saturated heterocycles. The highest BCUT2D eigenvalue weighted by atomic mass is 19.1. The number of aromatic nitrogens is 3. The summed E-state index contributed by atoms with van der Waals surface area (Å²) < 4.78 is 16.6. The lowest BCUT2D eigenvalue weighted by atomic mass is 9.99. The van der Waals surface area contributed by atoms with Gasteiger partial charge in [-0.05, 0) is 53.6 Å². The average Bonchev–Trinajstić information content (AvgIpc) is 3.44. The van der Waals surface area contributed by atoms with E-state index in [0.717, 1.165) is 28.7 Å². The van der Waals surface area contributed by atoms with Gasteiger partial charge in [-0.3, -0.25) is 4.79 Å². The monoisotopic (exact) mass is 474 g/mol. The summed E-state index contributed by atoms with van der Waals surface area (Å²) in [6.45, 7) is 10.8. The first-order valence-corrected chi connectivity index (χ1v) is 11.9. The molecule has 2 aromatic carbocycles. The van der Waals surface area contributed by atoms with Crippen LogP contribution in [0.5, 0.6) is 0 Å². The highest BCUT2D eigenvalue weighted by molar-refractivity contribution is 5.78. The zero-order chi connectivity index (χ0) is 25.1. The molecule has 1 aliphatic heterocycles. The van der Waals surface area contributed by atoms with Crippen LogP contribution >= 0.6 is 0 Å². The van der Waals surface area contributed by atoms with E-state index in [1.165, 1.54) is 10.6 Å². The Kier molecular flexibility index (Phi) is 7.15. The van der Waals surface area contributed by atoms with Crippen molar-refractivity contribution in [2.75, 3.05) is 13.1 Å². The Morgan fingerprint density at radius 1 is 1.26 bits per heavy atom. The molecular weight excluding hydrogens is 443 g/mol. The summed E-state index contributed by atoms with van der Waals surface area (Å²) in [4.78, 5) is 26.7. The third-order valence-electron chi connectivity index (χ3n) is 6.51. The first kappa shape index (κ1) is 24.4. The van der Waals surface area contributed by atoms with E-state index < -0.39 is 11.5 Å². The summed E-state index contributed by atoms with van der Waals surface area (Å²) in [5.41, 5.74) is 3.45. The number of carbonyl (C=O) groups excluding carboxylic acids is 1. The Balaban J connectivity index is 1.57. The van der Waals surface area contributed by atoms with E-state index in [4.69, 9.17) is 0 Å². The van der Waals surface area contributed by atoms with E-state index in [9.17, 15) is 9.59 Å². The van der Waals surface area contributed by atoms with Crippen molar-refractivity contribution in [3.05, 3.63) is 88.4 Å². The molecule has 0 radical (unpaired) electrons. The van der Waals surface area contributed by atoms with Crippen molar-refractivity contribution >= 4 is 12.0 Å². The number of hydrogen-bond donors (Lipinski definition) is 1. The molecule has 1 fully saturated rings. The minimum absolute atomic E-state index is 0.0477. The van der Waals surface area contributed by atoms with Gasteiger partial charge in [0.1, 0.15) is 11.6 Å². The van der Waals surface area contributed by atoms with Gasteiger partial charge in [0.05, 0.1) is 5.69 Å².